The number of hydrogen-bond donors (Lipinski definition) is 1. The van der Waals surface area contributed by atoms with E-state index in [0.717, 1.165) is 23.8 Å². The second-order valence-electron chi connectivity index (χ2n) is 5.01. The number of nitrogens with zero attached hydrogens (tertiary/aromatic N) is 1. The van der Waals surface area contributed by atoms with Crippen molar-refractivity contribution in [3.05, 3.63) is 23.8 Å². The summed E-state index contributed by atoms with van der Waals surface area (Å²) in [6.45, 7) is 3.12. The maximum Gasteiger partial charge on any atom is 0.125 e. The maximum atomic E-state index is 6.07. The Balaban J connectivity index is 2.29. The fourth-order valence-electron chi connectivity index (χ4n) is 2.29. The Bertz CT molecular complexity index is 386. The van der Waals surface area contributed by atoms with Crippen molar-refractivity contribution >= 4 is 5.69 Å². The van der Waals surface area contributed by atoms with Gasteiger partial charge >= 0.3 is 0 Å². The molecule has 1 atom stereocenters. The second kappa shape index (κ2) is 4.96. The largest absolute Gasteiger partial charge is 0.496 e. The summed E-state index contributed by atoms with van der Waals surface area (Å²) < 4.78 is 5.41. The molecule has 0 unspecified atom stereocenters. The molecule has 0 amide bonds. The van der Waals surface area contributed by atoms with Crippen LogP contribution in [0.1, 0.15) is 31.4 Å². The van der Waals surface area contributed by atoms with Gasteiger partial charge in [0, 0.05) is 30.9 Å². The smallest absolute Gasteiger partial charge is 0.125 e. The highest BCUT2D eigenvalue weighted by atomic mass is 16.5. The van der Waals surface area contributed by atoms with Gasteiger partial charge in [-0.1, -0.05) is 6.07 Å². The minimum atomic E-state index is -0.0113. The Hall–Kier alpha value is -1.22. The fourth-order valence-corrected chi connectivity index (χ4v) is 2.29. The Labute approximate surface area is 104 Å². The van der Waals surface area contributed by atoms with Crippen LogP contribution in [0.5, 0.6) is 5.75 Å². The molecule has 0 spiro atoms. The molecule has 2 N–H and O–H groups in total. The summed E-state index contributed by atoms with van der Waals surface area (Å²) in [6.07, 6.45) is 2.73. The van der Waals surface area contributed by atoms with E-state index in [-0.39, 0.29) is 6.04 Å². The Kier molecular flexibility index (Phi) is 3.57. The van der Waals surface area contributed by atoms with Gasteiger partial charge in [0.1, 0.15) is 5.75 Å². The third-order valence-corrected chi connectivity index (χ3v) is 3.36. The molecule has 0 heterocycles. The van der Waals surface area contributed by atoms with Crippen LogP contribution in [-0.2, 0) is 0 Å². The van der Waals surface area contributed by atoms with E-state index >= 15 is 0 Å². The fraction of sp³-hybridized carbons (Fsp3) is 0.571. The van der Waals surface area contributed by atoms with Crippen LogP contribution in [0.4, 0.5) is 5.69 Å². The molecule has 3 nitrogen and oxygen atoms in total. The summed E-state index contributed by atoms with van der Waals surface area (Å²) in [5.41, 5.74) is 8.38. The minimum absolute atomic E-state index is 0.0113. The lowest BCUT2D eigenvalue weighted by atomic mass is 10.0. The highest BCUT2D eigenvalue weighted by Crippen LogP contribution is 2.36. The average molecular weight is 234 g/mol. The van der Waals surface area contributed by atoms with Crippen LogP contribution in [0.3, 0.4) is 0 Å². The van der Waals surface area contributed by atoms with Gasteiger partial charge in [0.05, 0.1) is 7.11 Å². The van der Waals surface area contributed by atoms with Crippen molar-refractivity contribution in [3.8, 4) is 5.75 Å². The van der Waals surface area contributed by atoms with Crippen LogP contribution in [0, 0.1) is 5.92 Å². The van der Waals surface area contributed by atoms with Crippen molar-refractivity contribution in [1.82, 2.24) is 0 Å². The van der Waals surface area contributed by atoms with E-state index in [4.69, 9.17) is 10.5 Å². The predicted molar refractivity (Wildman–Crippen MR) is 71.6 cm³/mol. The van der Waals surface area contributed by atoms with Gasteiger partial charge in [-0.2, -0.15) is 0 Å². The molecule has 1 aromatic carbocycles. The predicted octanol–water partition coefficient (Wildman–Crippen LogP) is 2.56. The molecule has 94 valence electrons. The molecule has 0 aliphatic heterocycles. The molecular formula is C14H22N2O. The molecule has 1 aromatic rings. The first-order valence-corrected chi connectivity index (χ1v) is 6.27. The van der Waals surface area contributed by atoms with Gasteiger partial charge in [-0.3, -0.25) is 0 Å². The summed E-state index contributed by atoms with van der Waals surface area (Å²) in [4.78, 5) is 2.30. The van der Waals surface area contributed by atoms with Gasteiger partial charge < -0.3 is 15.4 Å². The van der Waals surface area contributed by atoms with Crippen molar-refractivity contribution in [2.24, 2.45) is 11.7 Å². The standard InChI is InChI=1S/C14H22N2O/c1-10(15)14-12(5-4-6-13(14)17-3)16(2)9-11-7-8-11/h4-6,10-11H,7-9,15H2,1-3H3/t10-/m0/s1. The highest BCUT2D eigenvalue weighted by Gasteiger charge is 2.24. The minimum Gasteiger partial charge on any atom is -0.496 e. The van der Waals surface area contributed by atoms with E-state index in [1.165, 1.54) is 18.5 Å². The lowest BCUT2D eigenvalue weighted by molar-refractivity contribution is 0.407. The highest BCUT2D eigenvalue weighted by molar-refractivity contribution is 5.60. The zero-order chi connectivity index (χ0) is 12.4. The lowest BCUT2D eigenvalue weighted by Crippen LogP contribution is -2.23. The van der Waals surface area contributed by atoms with E-state index in [1.807, 2.05) is 19.1 Å². The van der Waals surface area contributed by atoms with Gasteiger partial charge in [-0.05, 0) is 37.8 Å². The summed E-state index contributed by atoms with van der Waals surface area (Å²) in [5.74, 6) is 1.76. The first kappa shape index (κ1) is 12.2. The number of ether oxygens (including phenoxy) is 1. The second-order valence-corrected chi connectivity index (χ2v) is 5.01. The topological polar surface area (TPSA) is 38.5 Å². The monoisotopic (exact) mass is 234 g/mol. The number of nitrogens with two attached hydrogens (primary N) is 1. The quantitative estimate of drug-likeness (QED) is 0.851. The van der Waals surface area contributed by atoms with Crippen molar-refractivity contribution in [2.75, 3.05) is 25.6 Å². The average Bonchev–Trinajstić information content (AvgIpc) is 3.11. The number of hydrogen-bond acceptors (Lipinski definition) is 3. The lowest BCUT2D eigenvalue weighted by Gasteiger charge is -2.25. The zero-order valence-electron chi connectivity index (χ0n) is 10.9. The van der Waals surface area contributed by atoms with E-state index in [0.29, 0.717) is 0 Å². The van der Waals surface area contributed by atoms with Crippen molar-refractivity contribution in [3.63, 3.8) is 0 Å². The van der Waals surface area contributed by atoms with Gasteiger partial charge in [-0.25, -0.2) is 0 Å². The first-order valence-electron chi connectivity index (χ1n) is 6.27. The third-order valence-electron chi connectivity index (χ3n) is 3.36. The van der Waals surface area contributed by atoms with Gasteiger partial charge in [0.15, 0.2) is 0 Å². The molecule has 0 saturated heterocycles. The van der Waals surface area contributed by atoms with Crippen LogP contribution in [0.25, 0.3) is 0 Å². The molecule has 0 bridgehead atoms. The normalized spacial score (nSPS) is 16.7. The van der Waals surface area contributed by atoms with Crippen molar-refractivity contribution in [2.45, 2.75) is 25.8 Å². The molecule has 0 aromatic heterocycles. The Morgan fingerprint density at radius 3 is 2.71 bits per heavy atom. The number of anilines is 1. The third kappa shape index (κ3) is 2.72. The molecule has 0 radical (unpaired) electrons. The molecule has 1 saturated carbocycles. The summed E-state index contributed by atoms with van der Waals surface area (Å²) in [7, 11) is 3.84. The molecular weight excluding hydrogens is 212 g/mol. The number of rotatable bonds is 5. The number of methoxy groups -OCH3 is 1. The van der Waals surface area contributed by atoms with E-state index in [2.05, 4.69) is 18.0 Å². The molecule has 2 rings (SSSR count). The SMILES string of the molecule is COc1cccc(N(C)CC2CC2)c1[C@H](C)N. The summed E-state index contributed by atoms with van der Waals surface area (Å²) >= 11 is 0. The molecule has 3 heteroatoms. The van der Waals surface area contributed by atoms with E-state index in [1.54, 1.807) is 7.11 Å². The van der Waals surface area contributed by atoms with E-state index < -0.39 is 0 Å². The summed E-state index contributed by atoms with van der Waals surface area (Å²) in [5, 5.41) is 0. The Morgan fingerprint density at radius 1 is 1.47 bits per heavy atom. The van der Waals surface area contributed by atoms with Crippen molar-refractivity contribution < 1.29 is 4.74 Å². The van der Waals surface area contributed by atoms with E-state index in [9.17, 15) is 0 Å². The molecule has 17 heavy (non-hydrogen) atoms. The van der Waals surface area contributed by atoms with Crippen LogP contribution in [0.2, 0.25) is 0 Å². The zero-order valence-corrected chi connectivity index (χ0v) is 10.9. The van der Waals surface area contributed by atoms with Crippen LogP contribution < -0.4 is 15.4 Å². The van der Waals surface area contributed by atoms with Crippen LogP contribution >= 0.6 is 0 Å². The van der Waals surface area contributed by atoms with Crippen molar-refractivity contribution in [1.29, 1.82) is 0 Å². The van der Waals surface area contributed by atoms with Crippen LogP contribution in [-0.4, -0.2) is 20.7 Å². The molecule has 1 aliphatic carbocycles. The van der Waals surface area contributed by atoms with Gasteiger partial charge in [0.2, 0.25) is 0 Å². The Morgan fingerprint density at radius 2 is 2.18 bits per heavy atom. The number of benzene rings is 1. The summed E-state index contributed by atoms with van der Waals surface area (Å²) in [6, 6.07) is 6.13. The maximum absolute atomic E-state index is 6.07. The van der Waals surface area contributed by atoms with Gasteiger partial charge in [-0.15, -0.1) is 0 Å². The first-order chi connectivity index (χ1) is 8.13. The van der Waals surface area contributed by atoms with Gasteiger partial charge in [0.25, 0.3) is 0 Å². The molecule has 1 fully saturated rings. The molecule has 1 aliphatic rings. The van der Waals surface area contributed by atoms with Crippen LogP contribution in [0.15, 0.2) is 18.2 Å².